The fourth-order valence-electron chi connectivity index (χ4n) is 3.43. The van der Waals surface area contributed by atoms with Crippen molar-refractivity contribution in [2.24, 2.45) is 10.9 Å². The average Bonchev–Trinajstić information content (AvgIpc) is 2.68. The molecule has 2 rings (SSSR count). The first kappa shape index (κ1) is 24.9. The maximum atomic E-state index is 5.83. The second kappa shape index (κ2) is 14.0. The van der Waals surface area contributed by atoms with E-state index in [1.165, 1.54) is 0 Å². The van der Waals surface area contributed by atoms with E-state index < -0.39 is 0 Å². The number of nitrogens with zero attached hydrogens (tertiary/aromatic N) is 3. The van der Waals surface area contributed by atoms with Gasteiger partial charge in [0.15, 0.2) is 5.96 Å². The quantitative estimate of drug-likeness (QED) is 0.306. The smallest absolute Gasteiger partial charge is 0.191 e. The summed E-state index contributed by atoms with van der Waals surface area (Å²) in [4.78, 5) is 11.6. The number of aliphatic imine (C=N–C) groups is 1. The number of piperidine rings is 1. The molecule has 1 aromatic heterocycles. The first-order valence-electron chi connectivity index (χ1n) is 10.5. The van der Waals surface area contributed by atoms with Gasteiger partial charge < -0.3 is 20.3 Å². The maximum Gasteiger partial charge on any atom is 0.191 e. The second-order valence-electron chi connectivity index (χ2n) is 7.38. The SMILES string of the molecule is CCNC(=NCCC(OCC)C(C)C)NC1CCN(c2ccccn2)CC1.I. The van der Waals surface area contributed by atoms with Crippen LogP contribution in [0.2, 0.25) is 0 Å². The van der Waals surface area contributed by atoms with Gasteiger partial charge in [-0.15, -0.1) is 24.0 Å². The molecule has 0 aliphatic carbocycles. The lowest BCUT2D eigenvalue weighted by Gasteiger charge is -2.33. The first-order valence-corrected chi connectivity index (χ1v) is 10.5. The van der Waals surface area contributed by atoms with Crippen molar-refractivity contribution in [3.8, 4) is 0 Å². The summed E-state index contributed by atoms with van der Waals surface area (Å²) in [5, 5.41) is 6.99. The molecule has 1 aliphatic rings. The van der Waals surface area contributed by atoms with E-state index in [0.29, 0.717) is 12.0 Å². The number of rotatable bonds is 9. The van der Waals surface area contributed by atoms with E-state index in [1.807, 2.05) is 12.3 Å². The van der Waals surface area contributed by atoms with Crippen molar-refractivity contribution in [1.82, 2.24) is 15.6 Å². The third-order valence-corrected chi connectivity index (χ3v) is 4.96. The van der Waals surface area contributed by atoms with Crippen LogP contribution in [-0.4, -0.2) is 55.9 Å². The van der Waals surface area contributed by atoms with Crippen LogP contribution in [0, 0.1) is 5.92 Å². The molecule has 1 unspecified atom stereocenters. The molecule has 0 aromatic carbocycles. The van der Waals surface area contributed by atoms with Gasteiger partial charge in [-0.2, -0.15) is 0 Å². The lowest BCUT2D eigenvalue weighted by Crippen LogP contribution is -2.49. The summed E-state index contributed by atoms with van der Waals surface area (Å²) < 4.78 is 5.83. The Morgan fingerprint density at radius 2 is 2.04 bits per heavy atom. The van der Waals surface area contributed by atoms with Crippen molar-refractivity contribution in [3.63, 3.8) is 0 Å². The molecule has 6 nitrogen and oxygen atoms in total. The summed E-state index contributed by atoms with van der Waals surface area (Å²) in [6.07, 6.45) is 5.29. The standard InChI is InChI=1S/C21H37N5O.HI/c1-5-22-21(24-14-10-19(17(3)4)27-6-2)25-18-11-15-26(16-12-18)20-9-7-8-13-23-20;/h7-9,13,17-19H,5-6,10-12,14-16H2,1-4H3,(H2,22,24,25);1H. The Hall–Kier alpha value is -1.09. The Morgan fingerprint density at radius 1 is 1.29 bits per heavy atom. The molecule has 0 amide bonds. The van der Waals surface area contributed by atoms with Crippen LogP contribution >= 0.6 is 24.0 Å². The largest absolute Gasteiger partial charge is 0.378 e. The summed E-state index contributed by atoms with van der Waals surface area (Å²) in [5.74, 6) is 2.52. The number of aromatic nitrogens is 1. The molecule has 1 saturated heterocycles. The Balaban J connectivity index is 0.00000392. The maximum absolute atomic E-state index is 5.83. The predicted octanol–water partition coefficient (Wildman–Crippen LogP) is 3.67. The van der Waals surface area contributed by atoms with Crippen LogP contribution in [0.4, 0.5) is 5.82 Å². The van der Waals surface area contributed by atoms with Gasteiger partial charge in [0, 0.05) is 45.0 Å². The van der Waals surface area contributed by atoms with Crippen molar-refractivity contribution in [2.45, 2.75) is 59.1 Å². The van der Waals surface area contributed by atoms with Crippen LogP contribution in [0.1, 0.15) is 47.0 Å². The molecule has 1 aliphatic heterocycles. The lowest BCUT2D eigenvalue weighted by molar-refractivity contribution is 0.0266. The van der Waals surface area contributed by atoms with Crippen molar-refractivity contribution in [3.05, 3.63) is 24.4 Å². The molecule has 1 fully saturated rings. The van der Waals surface area contributed by atoms with Gasteiger partial charge >= 0.3 is 0 Å². The summed E-state index contributed by atoms with van der Waals surface area (Å²) in [7, 11) is 0. The molecule has 0 radical (unpaired) electrons. The molecule has 0 spiro atoms. The number of hydrogen-bond donors (Lipinski definition) is 2. The fourth-order valence-corrected chi connectivity index (χ4v) is 3.43. The van der Waals surface area contributed by atoms with Gasteiger partial charge in [0.1, 0.15) is 5.82 Å². The van der Waals surface area contributed by atoms with Gasteiger partial charge in [-0.1, -0.05) is 19.9 Å². The average molecular weight is 503 g/mol. The first-order chi connectivity index (χ1) is 13.1. The van der Waals surface area contributed by atoms with Crippen molar-refractivity contribution in [1.29, 1.82) is 0 Å². The van der Waals surface area contributed by atoms with Crippen LogP contribution in [0.5, 0.6) is 0 Å². The van der Waals surface area contributed by atoms with Gasteiger partial charge in [-0.05, 0) is 51.2 Å². The van der Waals surface area contributed by atoms with Crippen LogP contribution < -0.4 is 15.5 Å². The molecular weight excluding hydrogens is 465 g/mol. The van der Waals surface area contributed by atoms with Gasteiger partial charge in [-0.3, -0.25) is 4.99 Å². The normalized spacial score (nSPS) is 16.6. The van der Waals surface area contributed by atoms with E-state index in [0.717, 1.165) is 63.8 Å². The second-order valence-corrected chi connectivity index (χ2v) is 7.38. The Bertz CT molecular complexity index is 547. The number of guanidine groups is 1. The molecule has 28 heavy (non-hydrogen) atoms. The third-order valence-electron chi connectivity index (χ3n) is 4.96. The topological polar surface area (TPSA) is 61.8 Å². The summed E-state index contributed by atoms with van der Waals surface area (Å²) in [6.45, 7) is 13.1. The Kier molecular flexibility index (Phi) is 12.5. The number of nitrogens with one attached hydrogen (secondary N) is 2. The highest BCUT2D eigenvalue weighted by Crippen LogP contribution is 2.17. The number of anilines is 1. The monoisotopic (exact) mass is 503 g/mol. The van der Waals surface area contributed by atoms with E-state index in [-0.39, 0.29) is 30.1 Å². The highest BCUT2D eigenvalue weighted by Gasteiger charge is 2.21. The van der Waals surface area contributed by atoms with E-state index in [9.17, 15) is 0 Å². The lowest BCUT2D eigenvalue weighted by atomic mass is 10.0. The number of hydrogen-bond acceptors (Lipinski definition) is 4. The highest BCUT2D eigenvalue weighted by atomic mass is 127. The van der Waals surface area contributed by atoms with Crippen molar-refractivity contribution in [2.75, 3.05) is 37.7 Å². The minimum Gasteiger partial charge on any atom is -0.378 e. The Morgan fingerprint density at radius 3 is 2.61 bits per heavy atom. The molecule has 2 heterocycles. The molecular formula is C21H38IN5O. The molecule has 160 valence electrons. The minimum absolute atomic E-state index is 0. The Labute approximate surface area is 187 Å². The van der Waals surface area contributed by atoms with E-state index in [1.54, 1.807) is 0 Å². The summed E-state index contributed by atoms with van der Waals surface area (Å²) in [5.41, 5.74) is 0. The van der Waals surface area contributed by atoms with Gasteiger partial charge in [0.2, 0.25) is 0 Å². The molecule has 1 aromatic rings. The molecule has 1 atom stereocenters. The van der Waals surface area contributed by atoms with E-state index in [2.05, 4.69) is 60.3 Å². The number of ether oxygens (including phenoxy) is 1. The van der Waals surface area contributed by atoms with E-state index in [4.69, 9.17) is 9.73 Å². The fraction of sp³-hybridized carbons (Fsp3) is 0.714. The van der Waals surface area contributed by atoms with Crippen molar-refractivity contribution < 1.29 is 4.74 Å². The van der Waals surface area contributed by atoms with Gasteiger partial charge in [0.25, 0.3) is 0 Å². The predicted molar refractivity (Wildman–Crippen MR) is 129 cm³/mol. The summed E-state index contributed by atoms with van der Waals surface area (Å²) in [6, 6.07) is 6.56. The van der Waals surface area contributed by atoms with Crippen LogP contribution in [0.15, 0.2) is 29.4 Å². The molecule has 7 heteroatoms. The number of pyridine rings is 1. The summed E-state index contributed by atoms with van der Waals surface area (Å²) >= 11 is 0. The minimum atomic E-state index is 0. The molecule has 2 N–H and O–H groups in total. The van der Waals surface area contributed by atoms with E-state index >= 15 is 0 Å². The van der Waals surface area contributed by atoms with Crippen LogP contribution in [-0.2, 0) is 4.74 Å². The third kappa shape index (κ3) is 8.51. The highest BCUT2D eigenvalue weighted by molar-refractivity contribution is 14.0. The molecule has 0 saturated carbocycles. The zero-order valence-corrected chi connectivity index (χ0v) is 20.2. The van der Waals surface area contributed by atoms with Crippen LogP contribution in [0.25, 0.3) is 0 Å². The zero-order valence-electron chi connectivity index (χ0n) is 17.9. The zero-order chi connectivity index (χ0) is 19.5. The van der Waals surface area contributed by atoms with Crippen LogP contribution in [0.3, 0.4) is 0 Å². The van der Waals surface area contributed by atoms with Gasteiger partial charge in [-0.25, -0.2) is 4.98 Å². The van der Waals surface area contributed by atoms with Gasteiger partial charge in [0.05, 0.1) is 6.10 Å². The molecule has 0 bridgehead atoms. The number of halogens is 1. The van der Waals surface area contributed by atoms with Crippen molar-refractivity contribution >= 4 is 35.8 Å².